The van der Waals surface area contributed by atoms with Gasteiger partial charge in [-0.2, -0.15) is 0 Å². The molecule has 0 bridgehead atoms. The van der Waals surface area contributed by atoms with Crippen LogP contribution in [-0.2, 0) is 9.72 Å². The maximum atomic E-state index is 16.6. The Bertz CT molecular complexity index is 1800. The van der Waals surface area contributed by atoms with Crippen molar-refractivity contribution in [3.05, 3.63) is 155 Å². The van der Waals surface area contributed by atoms with E-state index in [9.17, 15) is 5.11 Å². The van der Waals surface area contributed by atoms with E-state index >= 15 is 4.57 Å². The number of aliphatic hydroxyl groups is 1. The molecule has 1 aliphatic carbocycles. The standard InChI is InChI=1S/C35H29ClNO2P/c1-37-33(26-12-3-2-4-13-26)31-23-20-25-11-6-8-16-30(25)35(31,34(38)27-18-21-28(36)22-19-27)40(37,39)32-17-9-14-24-10-5-7-15-29(24)32/h2-23,31,33-34,38H,1H3/t31-,33+,34-,35-,40-/m1/s1. The highest BCUT2D eigenvalue weighted by atomic mass is 35.5. The summed E-state index contributed by atoms with van der Waals surface area (Å²) in [5, 5.41) is 14.9. The Hall–Kier alpha value is -3.46. The quantitative estimate of drug-likeness (QED) is 0.224. The van der Waals surface area contributed by atoms with Crippen LogP contribution in [0.4, 0.5) is 0 Å². The van der Waals surface area contributed by atoms with E-state index in [4.69, 9.17) is 11.6 Å². The van der Waals surface area contributed by atoms with Gasteiger partial charge in [0, 0.05) is 22.3 Å². The largest absolute Gasteiger partial charge is 0.387 e. The second-order valence-electron chi connectivity index (χ2n) is 10.8. The monoisotopic (exact) mass is 561 g/mol. The molecule has 1 heterocycles. The molecule has 5 atom stereocenters. The number of hydrogen-bond donors (Lipinski definition) is 1. The summed E-state index contributed by atoms with van der Waals surface area (Å²) < 4.78 is 18.7. The molecule has 3 nitrogen and oxygen atoms in total. The van der Waals surface area contributed by atoms with Crippen molar-refractivity contribution in [1.82, 2.24) is 4.67 Å². The van der Waals surface area contributed by atoms with Crippen LogP contribution in [0.1, 0.15) is 34.4 Å². The lowest BCUT2D eigenvalue weighted by Gasteiger charge is -2.46. The van der Waals surface area contributed by atoms with E-state index in [0.717, 1.165) is 32.8 Å². The third kappa shape index (κ3) is 3.42. The fraction of sp³-hybridized carbons (Fsp3) is 0.143. The van der Waals surface area contributed by atoms with Crippen LogP contribution in [0, 0.1) is 5.92 Å². The van der Waals surface area contributed by atoms with Crippen LogP contribution < -0.4 is 5.30 Å². The molecular weight excluding hydrogens is 533 g/mol. The van der Waals surface area contributed by atoms with Crippen molar-refractivity contribution in [3.63, 3.8) is 0 Å². The van der Waals surface area contributed by atoms with Crippen LogP contribution in [0.3, 0.4) is 0 Å². The molecule has 1 N–H and O–H groups in total. The average Bonchev–Trinajstić information content (AvgIpc) is 3.21. The second kappa shape index (κ2) is 9.58. The van der Waals surface area contributed by atoms with Crippen molar-refractivity contribution in [2.45, 2.75) is 17.3 Å². The Morgan fingerprint density at radius 2 is 1.50 bits per heavy atom. The molecule has 0 amide bonds. The number of halogens is 1. The van der Waals surface area contributed by atoms with E-state index in [-0.39, 0.29) is 12.0 Å². The molecule has 1 aliphatic heterocycles. The molecule has 0 radical (unpaired) electrons. The van der Waals surface area contributed by atoms with Gasteiger partial charge in [-0.05, 0) is 58.3 Å². The lowest BCUT2D eigenvalue weighted by atomic mass is 9.69. The fourth-order valence-electron chi connectivity index (χ4n) is 7.23. The van der Waals surface area contributed by atoms with Crippen molar-refractivity contribution < 1.29 is 9.67 Å². The van der Waals surface area contributed by atoms with Gasteiger partial charge in [-0.1, -0.05) is 127 Å². The third-order valence-corrected chi connectivity index (χ3v) is 13.1. The summed E-state index contributed by atoms with van der Waals surface area (Å²) in [7, 11) is -1.63. The van der Waals surface area contributed by atoms with Gasteiger partial charge in [-0.3, -0.25) is 0 Å². The molecule has 7 rings (SSSR count). The molecule has 1 fully saturated rings. The molecule has 0 saturated carbocycles. The molecule has 5 aromatic carbocycles. The Labute approximate surface area is 239 Å². The highest BCUT2D eigenvalue weighted by Gasteiger charge is 2.70. The molecule has 5 heteroatoms. The van der Waals surface area contributed by atoms with E-state index in [1.807, 2.05) is 73.8 Å². The predicted molar refractivity (Wildman–Crippen MR) is 165 cm³/mol. The van der Waals surface area contributed by atoms with Gasteiger partial charge in [0.25, 0.3) is 0 Å². The number of fused-ring (bicyclic) bond motifs is 4. The van der Waals surface area contributed by atoms with Crippen molar-refractivity contribution in [2.24, 2.45) is 5.92 Å². The SMILES string of the molecule is CN1[C@@H](c2ccccc2)[C@H]2C=Cc3ccccc3[C@@]2([C@H](O)c2ccc(Cl)cc2)[P@]1(=O)c1cccc2ccccc12. The minimum absolute atomic E-state index is 0.224. The summed E-state index contributed by atoms with van der Waals surface area (Å²) in [6.45, 7) is 0. The molecule has 5 aromatic rings. The van der Waals surface area contributed by atoms with Gasteiger partial charge in [0.2, 0.25) is 0 Å². The van der Waals surface area contributed by atoms with E-state index in [1.54, 1.807) is 12.1 Å². The van der Waals surface area contributed by atoms with Gasteiger partial charge in [0.05, 0.1) is 6.10 Å². The summed E-state index contributed by atoms with van der Waals surface area (Å²) in [5.74, 6) is -0.273. The summed E-state index contributed by atoms with van der Waals surface area (Å²) in [4.78, 5) is 0. The number of aliphatic hydroxyl groups excluding tert-OH is 1. The maximum absolute atomic E-state index is 16.6. The van der Waals surface area contributed by atoms with E-state index in [1.165, 1.54) is 0 Å². The van der Waals surface area contributed by atoms with Crippen LogP contribution in [0.5, 0.6) is 0 Å². The van der Waals surface area contributed by atoms with E-state index in [0.29, 0.717) is 10.6 Å². The minimum Gasteiger partial charge on any atom is -0.387 e. The minimum atomic E-state index is -3.61. The Kier molecular flexibility index (Phi) is 6.11. The van der Waals surface area contributed by atoms with Gasteiger partial charge in [-0.15, -0.1) is 0 Å². The van der Waals surface area contributed by atoms with Crippen molar-refractivity contribution >= 4 is 41.0 Å². The van der Waals surface area contributed by atoms with Crippen LogP contribution >= 0.6 is 18.9 Å². The van der Waals surface area contributed by atoms with Gasteiger partial charge in [0.15, 0.2) is 7.29 Å². The summed E-state index contributed by atoms with van der Waals surface area (Å²) in [6.07, 6.45) is 3.25. The molecule has 198 valence electrons. The highest BCUT2D eigenvalue weighted by Crippen LogP contribution is 2.81. The number of hydrogen-bond acceptors (Lipinski definition) is 2. The molecule has 1 saturated heterocycles. The van der Waals surface area contributed by atoms with Crippen LogP contribution in [0.2, 0.25) is 5.02 Å². The molecule has 0 unspecified atom stereocenters. The Balaban J connectivity index is 1.63. The van der Waals surface area contributed by atoms with E-state index in [2.05, 4.69) is 59.3 Å². The second-order valence-corrected chi connectivity index (χ2v) is 14.2. The van der Waals surface area contributed by atoms with Crippen LogP contribution in [0.25, 0.3) is 16.8 Å². The predicted octanol–water partition coefficient (Wildman–Crippen LogP) is 8.36. The number of benzene rings is 5. The molecule has 2 aliphatic rings. The van der Waals surface area contributed by atoms with Crippen molar-refractivity contribution in [2.75, 3.05) is 7.05 Å². The topological polar surface area (TPSA) is 40.5 Å². The summed E-state index contributed by atoms with van der Waals surface area (Å²) in [5.41, 5.74) is 3.66. The van der Waals surface area contributed by atoms with Crippen molar-refractivity contribution in [1.29, 1.82) is 0 Å². The lowest BCUT2D eigenvalue weighted by molar-refractivity contribution is 0.0981. The Morgan fingerprint density at radius 3 is 2.30 bits per heavy atom. The molecule has 0 spiro atoms. The highest BCUT2D eigenvalue weighted by molar-refractivity contribution is 7.71. The van der Waals surface area contributed by atoms with Gasteiger partial charge >= 0.3 is 0 Å². The first-order valence-electron chi connectivity index (χ1n) is 13.6. The number of rotatable bonds is 4. The first kappa shape index (κ1) is 25.5. The maximum Gasteiger partial charge on any atom is 0.193 e. The average molecular weight is 562 g/mol. The molecule has 40 heavy (non-hydrogen) atoms. The van der Waals surface area contributed by atoms with Crippen LogP contribution in [0.15, 0.2) is 127 Å². The fourth-order valence-corrected chi connectivity index (χ4v) is 11.7. The lowest BCUT2D eigenvalue weighted by Crippen LogP contribution is -2.42. The molecule has 0 aromatic heterocycles. The zero-order chi connectivity index (χ0) is 27.5. The van der Waals surface area contributed by atoms with Crippen LogP contribution in [-0.4, -0.2) is 16.8 Å². The zero-order valence-electron chi connectivity index (χ0n) is 22.1. The summed E-state index contributed by atoms with van der Waals surface area (Å²) in [6, 6.07) is 39.7. The normalized spacial score (nSPS) is 26.4. The van der Waals surface area contributed by atoms with Gasteiger partial charge in [-0.25, -0.2) is 4.67 Å². The first-order valence-corrected chi connectivity index (χ1v) is 15.6. The number of nitrogens with zero attached hydrogens (tertiary/aromatic N) is 1. The molecular formula is C35H29ClNO2P. The smallest absolute Gasteiger partial charge is 0.193 e. The zero-order valence-corrected chi connectivity index (χ0v) is 23.7. The van der Waals surface area contributed by atoms with E-state index < -0.39 is 18.6 Å². The van der Waals surface area contributed by atoms with Gasteiger partial charge in [0.1, 0.15) is 5.16 Å². The third-order valence-electron chi connectivity index (χ3n) is 8.91. The van der Waals surface area contributed by atoms with Gasteiger partial charge < -0.3 is 9.67 Å². The first-order chi connectivity index (χ1) is 19.5. The summed E-state index contributed by atoms with van der Waals surface area (Å²) >= 11 is 6.28. The van der Waals surface area contributed by atoms with Crippen molar-refractivity contribution in [3.8, 4) is 0 Å². The Morgan fingerprint density at radius 1 is 0.825 bits per heavy atom.